The van der Waals surface area contributed by atoms with Crippen LogP contribution in [0.3, 0.4) is 0 Å². The normalized spacial score (nSPS) is 54.6. The van der Waals surface area contributed by atoms with Gasteiger partial charge in [-0.05, 0) is 141 Å². The third-order valence-corrected chi connectivity index (χ3v) is 10.7. The molecule has 8 saturated carbocycles. The SMILES string of the molecule is Nc1ccc(C2C3CC4CC(C3)CC2(C23CC5CC(CC(C5)C2)C3)C4)cc1. The second-order valence-corrected chi connectivity index (χ2v) is 12.1. The van der Waals surface area contributed by atoms with Crippen molar-refractivity contribution in [2.24, 2.45) is 46.3 Å². The average molecular weight is 362 g/mol. The summed E-state index contributed by atoms with van der Waals surface area (Å²) in [6.45, 7) is 0. The molecule has 0 amide bonds. The van der Waals surface area contributed by atoms with Crippen molar-refractivity contribution in [1.82, 2.24) is 0 Å². The van der Waals surface area contributed by atoms with Crippen LogP contribution in [0.15, 0.2) is 24.3 Å². The lowest BCUT2D eigenvalue weighted by Crippen LogP contribution is -2.63. The van der Waals surface area contributed by atoms with Crippen LogP contribution >= 0.6 is 0 Å². The fraction of sp³-hybridized carbons (Fsp3) is 0.769. The van der Waals surface area contributed by atoms with Gasteiger partial charge >= 0.3 is 0 Å². The van der Waals surface area contributed by atoms with E-state index in [0.717, 1.165) is 47.1 Å². The summed E-state index contributed by atoms with van der Waals surface area (Å²) in [6.07, 6.45) is 17.3. The zero-order valence-electron chi connectivity index (χ0n) is 16.7. The molecule has 0 heterocycles. The lowest BCUT2D eigenvalue weighted by atomic mass is 9.32. The first-order chi connectivity index (χ1) is 13.1. The molecule has 2 N–H and O–H groups in total. The Labute approximate surface area is 164 Å². The van der Waals surface area contributed by atoms with Crippen LogP contribution in [-0.4, -0.2) is 0 Å². The molecule has 0 spiro atoms. The van der Waals surface area contributed by atoms with Crippen LogP contribution in [0.4, 0.5) is 5.69 Å². The van der Waals surface area contributed by atoms with Crippen LogP contribution in [0.25, 0.3) is 0 Å². The van der Waals surface area contributed by atoms with Crippen LogP contribution in [0.1, 0.15) is 82.1 Å². The number of hydrogen-bond acceptors (Lipinski definition) is 1. The minimum Gasteiger partial charge on any atom is -0.399 e. The van der Waals surface area contributed by atoms with Gasteiger partial charge < -0.3 is 5.73 Å². The third-order valence-electron chi connectivity index (χ3n) is 10.7. The predicted molar refractivity (Wildman–Crippen MR) is 110 cm³/mol. The molecular formula is C26H35N. The lowest BCUT2D eigenvalue weighted by Gasteiger charge is -2.73. The third kappa shape index (κ3) is 2.02. The van der Waals surface area contributed by atoms with Gasteiger partial charge in [-0.25, -0.2) is 0 Å². The number of hydrogen-bond donors (Lipinski definition) is 1. The highest BCUT2D eigenvalue weighted by molar-refractivity contribution is 5.42. The van der Waals surface area contributed by atoms with E-state index in [4.69, 9.17) is 5.73 Å². The van der Waals surface area contributed by atoms with Gasteiger partial charge in [-0.1, -0.05) is 12.1 Å². The number of benzene rings is 1. The highest BCUT2D eigenvalue weighted by atomic mass is 14.7. The summed E-state index contributed by atoms with van der Waals surface area (Å²) in [6, 6.07) is 9.22. The minimum atomic E-state index is 0.633. The van der Waals surface area contributed by atoms with E-state index in [1.165, 1.54) is 12.8 Å². The largest absolute Gasteiger partial charge is 0.399 e. The van der Waals surface area contributed by atoms with Crippen LogP contribution in [0.2, 0.25) is 0 Å². The Bertz CT molecular complexity index is 712. The van der Waals surface area contributed by atoms with E-state index in [1.54, 1.807) is 63.4 Å². The minimum absolute atomic E-state index is 0.633. The van der Waals surface area contributed by atoms with Gasteiger partial charge in [0.1, 0.15) is 0 Å². The number of nitrogen functional groups attached to an aromatic ring is 1. The summed E-state index contributed by atoms with van der Waals surface area (Å²) in [4.78, 5) is 0. The molecule has 0 aliphatic heterocycles. The molecule has 8 bridgehead atoms. The predicted octanol–water partition coefficient (Wildman–Crippen LogP) is 6.40. The maximum absolute atomic E-state index is 6.08. The maximum Gasteiger partial charge on any atom is 0.0314 e. The number of nitrogens with two attached hydrogens (primary N) is 1. The molecule has 0 aromatic heterocycles. The molecule has 1 aromatic rings. The Morgan fingerprint density at radius 3 is 1.63 bits per heavy atom. The van der Waals surface area contributed by atoms with Crippen molar-refractivity contribution in [2.45, 2.75) is 76.5 Å². The smallest absolute Gasteiger partial charge is 0.0314 e. The molecule has 0 radical (unpaired) electrons. The van der Waals surface area contributed by atoms with Gasteiger partial charge in [-0.3, -0.25) is 0 Å². The summed E-state index contributed by atoms with van der Waals surface area (Å²) in [5, 5.41) is 0. The molecule has 9 rings (SSSR count). The van der Waals surface area contributed by atoms with Crippen molar-refractivity contribution in [3.05, 3.63) is 29.8 Å². The highest BCUT2D eigenvalue weighted by Crippen LogP contribution is 2.78. The molecule has 3 unspecified atom stereocenters. The van der Waals surface area contributed by atoms with Gasteiger partial charge in [0.2, 0.25) is 0 Å². The Morgan fingerprint density at radius 1 is 0.630 bits per heavy atom. The van der Waals surface area contributed by atoms with Crippen LogP contribution < -0.4 is 5.73 Å². The molecule has 8 fully saturated rings. The van der Waals surface area contributed by atoms with Gasteiger partial charge in [0.05, 0.1) is 0 Å². The van der Waals surface area contributed by atoms with E-state index in [1.807, 2.05) is 0 Å². The second-order valence-electron chi connectivity index (χ2n) is 12.1. The molecule has 27 heavy (non-hydrogen) atoms. The van der Waals surface area contributed by atoms with Gasteiger partial charge in [-0.2, -0.15) is 0 Å². The van der Waals surface area contributed by atoms with Crippen molar-refractivity contribution in [3.8, 4) is 0 Å². The fourth-order valence-corrected chi connectivity index (χ4v) is 10.8. The molecular weight excluding hydrogens is 326 g/mol. The average Bonchev–Trinajstić information content (AvgIpc) is 2.61. The first-order valence-corrected chi connectivity index (χ1v) is 12.0. The Hall–Kier alpha value is -0.980. The number of anilines is 1. The van der Waals surface area contributed by atoms with Crippen LogP contribution in [-0.2, 0) is 0 Å². The molecule has 0 saturated heterocycles. The fourth-order valence-electron chi connectivity index (χ4n) is 10.8. The van der Waals surface area contributed by atoms with Crippen LogP contribution in [0, 0.1) is 46.3 Å². The maximum atomic E-state index is 6.08. The number of rotatable bonds is 2. The van der Waals surface area contributed by atoms with E-state index in [-0.39, 0.29) is 0 Å². The molecule has 3 atom stereocenters. The Morgan fingerprint density at radius 2 is 1.11 bits per heavy atom. The van der Waals surface area contributed by atoms with Gasteiger partial charge in [0, 0.05) is 5.69 Å². The van der Waals surface area contributed by atoms with E-state index < -0.39 is 0 Å². The van der Waals surface area contributed by atoms with E-state index in [9.17, 15) is 0 Å². The molecule has 1 aromatic carbocycles. The Kier molecular flexibility index (Phi) is 3.02. The van der Waals surface area contributed by atoms with Crippen molar-refractivity contribution >= 4 is 5.69 Å². The van der Waals surface area contributed by atoms with Crippen molar-refractivity contribution < 1.29 is 0 Å². The van der Waals surface area contributed by atoms with Gasteiger partial charge in [-0.15, -0.1) is 0 Å². The summed E-state index contributed by atoms with van der Waals surface area (Å²) < 4.78 is 0. The van der Waals surface area contributed by atoms with E-state index in [0.29, 0.717) is 10.8 Å². The van der Waals surface area contributed by atoms with Crippen LogP contribution in [0.5, 0.6) is 0 Å². The lowest BCUT2D eigenvalue weighted by molar-refractivity contribution is -0.211. The van der Waals surface area contributed by atoms with E-state index in [2.05, 4.69) is 24.3 Å². The zero-order valence-corrected chi connectivity index (χ0v) is 16.7. The molecule has 8 aliphatic carbocycles. The second kappa shape index (κ2) is 5.14. The van der Waals surface area contributed by atoms with E-state index >= 15 is 0 Å². The Balaban J connectivity index is 1.39. The highest BCUT2D eigenvalue weighted by Gasteiger charge is 2.68. The monoisotopic (exact) mass is 361 g/mol. The van der Waals surface area contributed by atoms with Crippen molar-refractivity contribution in [2.75, 3.05) is 5.73 Å². The van der Waals surface area contributed by atoms with Crippen molar-refractivity contribution in [3.63, 3.8) is 0 Å². The standard InChI is InChI=1S/C26H35N/c27-23-3-1-21(2-4-23)24-22-9-19-8-20(10-22)15-26(24,14-19)25-11-16-5-17(12-25)7-18(6-16)13-25/h1-4,16-20,22,24H,5-15,27H2. The summed E-state index contributed by atoms with van der Waals surface area (Å²) in [5.41, 5.74) is 10.0. The topological polar surface area (TPSA) is 26.0 Å². The molecule has 8 aliphatic rings. The first kappa shape index (κ1) is 15.9. The molecule has 1 heteroatoms. The summed E-state index contributed by atoms with van der Waals surface area (Å²) in [7, 11) is 0. The summed E-state index contributed by atoms with van der Waals surface area (Å²) in [5.74, 6) is 7.15. The molecule has 1 nitrogen and oxygen atoms in total. The quantitative estimate of drug-likeness (QED) is 0.606. The van der Waals surface area contributed by atoms with Crippen molar-refractivity contribution in [1.29, 1.82) is 0 Å². The van der Waals surface area contributed by atoms with Gasteiger partial charge in [0.15, 0.2) is 0 Å². The van der Waals surface area contributed by atoms with Gasteiger partial charge in [0.25, 0.3) is 0 Å². The first-order valence-electron chi connectivity index (χ1n) is 12.0. The summed E-state index contributed by atoms with van der Waals surface area (Å²) >= 11 is 0. The zero-order chi connectivity index (χ0) is 17.8. The molecule has 144 valence electrons.